The molecule has 0 aromatic carbocycles. The van der Waals surface area contributed by atoms with Crippen LogP contribution >= 0.6 is 11.6 Å². The number of pyridine rings is 1. The van der Waals surface area contributed by atoms with Gasteiger partial charge in [-0.05, 0) is 18.8 Å². The van der Waals surface area contributed by atoms with Crippen molar-refractivity contribution in [2.75, 3.05) is 19.7 Å². The van der Waals surface area contributed by atoms with Crippen LogP contribution < -0.4 is 4.74 Å². The number of likely N-dealkylation sites (tertiary alicyclic amines) is 1. The zero-order chi connectivity index (χ0) is 16.1. The maximum absolute atomic E-state index is 12.3. The van der Waals surface area contributed by atoms with Gasteiger partial charge in [-0.1, -0.05) is 11.6 Å². The lowest BCUT2D eigenvalue weighted by Crippen LogP contribution is -2.40. The first kappa shape index (κ1) is 15.7. The monoisotopic (exact) mass is 332 g/mol. The molecule has 1 amide bonds. The molecule has 0 N–H and O–H groups in total. The van der Waals surface area contributed by atoms with Gasteiger partial charge in [0.15, 0.2) is 0 Å². The van der Waals surface area contributed by atoms with Crippen LogP contribution in [0.4, 0.5) is 0 Å². The van der Waals surface area contributed by atoms with Gasteiger partial charge in [0.05, 0.1) is 12.8 Å². The predicted octanol–water partition coefficient (Wildman–Crippen LogP) is 2.46. The Morgan fingerprint density at radius 1 is 1.22 bits per heavy atom. The Balaban J connectivity index is 1.49. The zero-order valence-corrected chi connectivity index (χ0v) is 13.3. The summed E-state index contributed by atoms with van der Waals surface area (Å²) < 4.78 is 5.76. The number of ether oxygens (including phenoxy) is 1. The third-order valence-electron chi connectivity index (χ3n) is 3.89. The van der Waals surface area contributed by atoms with Crippen LogP contribution in [-0.2, 0) is 0 Å². The van der Waals surface area contributed by atoms with Crippen LogP contribution in [0.2, 0.25) is 5.02 Å². The highest BCUT2D eigenvalue weighted by molar-refractivity contribution is 6.31. The van der Waals surface area contributed by atoms with Gasteiger partial charge in [0.2, 0.25) is 0 Å². The van der Waals surface area contributed by atoms with E-state index in [1.54, 1.807) is 24.7 Å². The summed E-state index contributed by atoms with van der Waals surface area (Å²) in [6.07, 6.45) is 9.62. The van der Waals surface area contributed by atoms with Gasteiger partial charge in [0.1, 0.15) is 16.5 Å². The van der Waals surface area contributed by atoms with E-state index in [0.717, 1.165) is 12.8 Å². The van der Waals surface area contributed by atoms with Gasteiger partial charge in [-0.15, -0.1) is 0 Å². The molecule has 1 aliphatic heterocycles. The fraction of sp³-hybridized carbons (Fsp3) is 0.375. The smallest absolute Gasteiger partial charge is 0.274 e. The van der Waals surface area contributed by atoms with Crippen molar-refractivity contribution >= 4 is 17.5 Å². The maximum atomic E-state index is 12.3. The van der Waals surface area contributed by atoms with Gasteiger partial charge >= 0.3 is 0 Å². The number of halogens is 1. The SMILES string of the molecule is O=C(c1cnccn1)N1CCC(COc2ccncc2Cl)CC1. The Morgan fingerprint density at radius 2 is 2.00 bits per heavy atom. The molecule has 1 fully saturated rings. The molecule has 7 heteroatoms. The second kappa shape index (κ2) is 7.37. The maximum Gasteiger partial charge on any atom is 0.274 e. The van der Waals surface area contributed by atoms with Gasteiger partial charge in [-0.25, -0.2) is 4.98 Å². The normalized spacial score (nSPS) is 15.4. The number of piperidine rings is 1. The van der Waals surface area contributed by atoms with Crippen molar-refractivity contribution in [3.05, 3.63) is 47.8 Å². The molecule has 120 valence electrons. The average molecular weight is 333 g/mol. The summed E-state index contributed by atoms with van der Waals surface area (Å²) >= 11 is 6.02. The van der Waals surface area contributed by atoms with Gasteiger partial charge in [0.25, 0.3) is 5.91 Å². The molecule has 0 radical (unpaired) electrons. The van der Waals surface area contributed by atoms with Crippen molar-refractivity contribution in [3.63, 3.8) is 0 Å². The Morgan fingerprint density at radius 3 is 2.70 bits per heavy atom. The van der Waals surface area contributed by atoms with Crippen LogP contribution in [0, 0.1) is 5.92 Å². The molecule has 1 saturated heterocycles. The Labute approximate surface area is 139 Å². The number of nitrogens with zero attached hydrogens (tertiary/aromatic N) is 4. The van der Waals surface area contributed by atoms with Crippen molar-refractivity contribution < 1.29 is 9.53 Å². The molecule has 0 unspecified atom stereocenters. The van der Waals surface area contributed by atoms with E-state index in [4.69, 9.17) is 16.3 Å². The van der Waals surface area contributed by atoms with Crippen LogP contribution in [0.5, 0.6) is 5.75 Å². The largest absolute Gasteiger partial charge is 0.492 e. The van der Waals surface area contributed by atoms with Gasteiger partial charge in [-0.3, -0.25) is 14.8 Å². The summed E-state index contributed by atoms with van der Waals surface area (Å²) in [4.78, 5) is 26.0. The molecule has 2 aromatic heterocycles. The highest BCUT2D eigenvalue weighted by Gasteiger charge is 2.24. The molecule has 3 rings (SSSR count). The fourth-order valence-corrected chi connectivity index (χ4v) is 2.74. The van der Waals surface area contributed by atoms with E-state index >= 15 is 0 Å². The van der Waals surface area contributed by atoms with E-state index in [-0.39, 0.29) is 5.91 Å². The quantitative estimate of drug-likeness (QED) is 0.860. The first-order valence-electron chi connectivity index (χ1n) is 7.51. The van der Waals surface area contributed by atoms with E-state index in [2.05, 4.69) is 15.0 Å². The topological polar surface area (TPSA) is 68.2 Å². The van der Waals surface area contributed by atoms with Crippen LogP contribution in [0.1, 0.15) is 23.3 Å². The number of amides is 1. The number of carbonyl (C=O) groups excluding carboxylic acids is 1. The molecular formula is C16H17ClN4O2. The third-order valence-corrected chi connectivity index (χ3v) is 4.18. The molecule has 6 nitrogen and oxygen atoms in total. The van der Waals surface area contributed by atoms with Crippen molar-refractivity contribution in [1.29, 1.82) is 0 Å². The summed E-state index contributed by atoms with van der Waals surface area (Å²) in [6.45, 7) is 2.00. The third kappa shape index (κ3) is 3.96. The van der Waals surface area contributed by atoms with Crippen LogP contribution in [0.25, 0.3) is 0 Å². The van der Waals surface area contributed by atoms with Crippen molar-refractivity contribution in [2.24, 2.45) is 5.92 Å². The molecule has 0 saturated carbocycles. The Hall–Kier alpha value is -2.21. The Kier molecular flexibility index (Phi) is 5.02. The predicted molar refractivity (Wildman–Crippen MR) is 85.4 cm³/mol. The highest BCUT2D eigenvalue weighted by atomic mass is 35.5. The number of aromatic nitrogens is 3. The van der Waals surface area contributed by atoms with E-state index in [1.165, 1.54) is 12.4 Å². The minimum Gasteiger partial charge on any atom is -0.492 e. The molecule has 0 bridgehead atoms. The van der Waals surface area contributed by atoms with Crippen LogP contribution in [-0.4, -0.2) is 45.5 Å². The van der Waals surface area contributed by atoms with Crippen LogP contribution in [0.3, 0.4) is 0 Å². The summed E-state index contributed by atoms with van der Waals surface area (Å²) in [5.41, 5.74) is 0.394. The number of rotatable bonds is 4. The minimum absolute atomic E-state index is 0.0605. The van der Waals surface area contributed by atoms with E-state index in [1.807, 2.05) is 4.90 Å². The first-order chi connectivity index (χ1) is 11.2. The number of hydrogen-bond acceptors (Lipinski definition) is 5. The summed E-state index contributed by atoms with van der Waals surface area (Å²) in [7, 11) is 0. The second-order valence-electron chi connectivity index (χ2n) is 5.44. The molecular weight excluding hydrogens is 316 g/mol. The van der Waals surface area contributed by atoms with Crippen molar-refractivity contribution in [3.8, 4) is 5.75 Å². The lowest BCUT2D eigenvalue weighted by Gasteiger charge is -2.31. The van der Waals surface area contributed by atoms with E-state index in [0.29, 0.717) is 42.1 Å². The van der Waals surface area contributed by atoms with Gasteiger partial charge < -0.3 is 9.64 Å². The Bertz CT molecular complexity index is 660. The summed E-state index contributed by atoms with van der Waals surface area (Å²) in [5, 5.41) is 0.516. The fourth-order valence-electron chi connectivity index (χ4n) is 2.56. The molecule has 3 heterocycles. The van der Waals surface area contributed by atoms with E-state index in [9.17, 15) is 4.79 Å². The molecule has 1 aliphatic rings. The standard InChI is InChI=1S/C16H17ClN4O2/c17-13-9-18-4-1-15(13)23-11-12-2-7-21(8-3-12)16(22)14-10-19-5-6-20-14/h1,4-6,9-10,12H,2-3,7-8,11H2. The van der Waals surface area contributed by atoms with E-state index < -0.39 is 0 Å². The average Bonchev–Trinajstić information content (AvgIpc) is 2.62. The van der Waals surface area contributed by atoms with Gasteiger partial charge in [0, 0.05) is 43.9 Å². The highest BCUT2D eigenvalue weighted by Crippen LogP contribution is 2.25. The molecule has 2 aromatic rings. The number of carbonyl (C=O) groups is 1. The molecule has 0 atom stereocenters. The van der Waals surface area contributed by atoms with Crippen LogP contribution in [0.15, 0.2) is 37.1 Å². The molecule has 0 spiro atoms. The first-order valence-corrected chi connectivity index (χ1v) is 7.89. The molecule has 23 heavy (non-hydrogen) atoms. The summed E-state index contributed by atoms with van der Waals surface area (Å²) in [5.74, 6) is 1.000. The lowest BCUT2D eigenvalue weighted by molar-refractivity contribution is 0.0655. The van der Waals surface area contributed by atoms with Gasteiger partial charge in [-0.2, -0.15) is 0 Å². The number of hydrogen-bond donors (Lipinski definition) is 0. The zero-order valence-electron chi connectivity index (χ0n) is 12.6. The molecule has 0 aliphatic carbocycles. The second-order valence-corrected chi connectivity index (χ2v) is 5.85. The lowest BCUT2D eigenvalue weighted by atomic mass is 9.97. The van der Waals surface area contributed by atoms with Crippen molar-refractivity contribution in [2.45, 2.75) is 12.8 Å². The van der Waals surface area contributed by atoms with Crippen molar-refractivity contribution in [1.82, 2.24) is 19.9 Å². The summed E-state index contributed by atoms with van der Waals surface area (Å²) in [6, 6.07) is 1.76. The minimum atomic E-state index is -0.0605.